The molecule has 0 unspecified atom stereocenters. The van der Waals surface area contributed by atoms with Gasteiger partial charge >= 0.3 is 0 Å². The fourth-order valence-electron chi connectivity index (χ4n) is 4.26. The molecule has 1 heterocycles. The minimum atomic E-state index is 0.272. The van der Waals surface area contributed by atoms with Gasteiger partial charge in [-0.05, 0) is 70.6 Å². The van der Waals surface area contributed by atoms with E-state index in [-0.39, 0.29) is 5.91 Å². The molecule has 1 fully saturated rings. The lowest BCUT2D eigenvalue weighted by Crippen LogP contribution is -2.28. The van der Waals surface area contributed by atoms with Crippen molar-refractivity contribution < 1.29 is 9.59 Å². The number of carbonyl (C=O) groups excluding carboxylic acids is 2. The molecule has 1 saturated heterocycles. The highest BCUT2D eigenvalue weighted by molar-refractivity contribution is 5.90. The number of benzene rings is 4. The van der Waals surface area contributed by atoms with Crippen molar-refractivity contribution >= 4 is 34.5 Å². The van der Waals surface area contributed by atoms with E-state index < -0.39 is 0 Å². The number of hydrogen-bond donors (Lipinski definition) is 2. The SMILES string of the molecule is CC.CNc1ccc2cc(-c3ccc(NC=O)cc3)ccc2c1.O=C(Cc1ccccc1)N1CCCC1. The summed E-state index contributed by atoms with van der Waals surface area (Å²) in [4.78, 5) is 24.1. The fourth-order valence-corrected chi connectivity index (χ4v) is 4.26. The molecule has 0 aromatic heterocycles. The molecule has 0 saturated carbocycles. The molecule has 0 aliphatic carbocycles. The Labute approximate surface area is 220 Å². The predicted molar refractivity (Wildman–Crippen MR) is 156 cm³/mol. The third-order valence-corrected chi connectivity index (χ3v) is 6.23. The highest BCUT2D eigenvalue weighted by Gasteiger charge is 2.17. The molecule has 0 radical (unpaired) electrons. The lowest BCUT2D eigenvalue weighted by molar-refractivity contribution is -0.129. The third-order valence-electron chi connectivity index (χ3n) is 6.23. The Bertz CT molecular complexity index is 1260. The molecule has 37 heavy (non-hydrogen) atoms. The summed E-state index contributed by atoms with van der Waals surface area (Å²) in [6.07, 6.45) is 3.58. The van der Waals surface area contributed by atoms with Gasteiger partial charge in [-0.15, -0.1) is 0 Å². The maximum absolute atomic E-state index is 11.7. The van der Waals surface area contributed by atoms with E-state index in [2.05, 4.69) is 47.0 Å². The molecule has 2 N–H and O–H groups in total. The van der Waals surface area contributed by atoms with Gasteiger partial charge in [0.25, 0.3) is 0 Å². The number of rotatable bonds is 6. The van der Waals surface area contributed by atoms with Gasteiger partial charge in [-0.1, -0.05) is 74.5 Å². The lowest BCUT2D eigenvalue weighted by Gasteiger charge is -2.14. The Morgan fingerprint density at radius 3 is 2.03 bits per heavy atom. The molecule has 0 bridgehead atoms. The summed E-state index contributed by atoms with van der Waals surface area (Å²) in [5, 5.41) is 8.21. The molecule has 192 valence electrons. The minimum Gasteiger partial charge on any atom is -0.388 e. The van der Waals surface area contributed by atoms with E-state index in [0.29, 0.717) is 12.8 Å². The van der Waals surface area contributed by atoms with Gasteiger partial charge in [-0.25, -0.2) is 0 Å². The van der Waals surface area contributed by atoms with E-state index in [1.165, 1.54) is 23.6 Å². The molecular weight excluding hydrogens is 458 g/mol. The number of amides is 2. The summed E-state index contributed by atoms with van der Waals surface area (Å²) in [6, 6.07) is 30.5. The number of nitrogens with zero attached hydrogens (tertiary/aromatic N) is 1. The van der Waals surface area contributed by atoms with Crippen LogP contribution in [0.25, 0.3) is 21.9 Å². The molecule has 5 nitrogen and oxygen atoms in total. The summed E-state index contributed by atoms with van der Waals surface area (Å²) in [5.74, 6) is 0.272. The zero-order chi connectivity index (χ0) is 26.5. The summed E-state index contributed by atoms with van der Waals surface area (Å²) in [7, 11) is 1.92. The summed E-state index contributed by atoms with van der Waals surface area (Å²) < 4.78 is 0. The van der Waals surface area contributed by atoms with Gasteiger partial charge in [0.2, 0.25) is 12.3 Å². The highest BCUT2D eigenvalue weighted by atomic mass is 16.2. The Morgan fingerprint density at radius 1 is 0.784 bits per heavy atom. The predicted octanol–water partition coefficient (Wildman–Crippen LogP) is 6.99. The summed E-state index contributed by atoms with van der Waals surface area (Å²) in [6.45, 7) is 5.90. The molecule has 1 aliphatic heterocycles. The van der Waals surface area contributed by atoms with Gasteiger partial charge in [0.15, 0.2) is 0 Å². The third kappa shape index (κ3) is 7.94. The average Bonchev–Trinajstić information content (AvgIpc) is 3.51. The monoisotopic (exact) mass is 495 g/mol. The van der Waals surface area contributed by atoms with Gasteiger partial charge in [-0.2, -0.15) is 0 Å². The maximum atomic E-state index is 11.7. The highest BCUT2D eigenvalue weighted by Crippen LogP contribution is 2.27. The van der Waals surface area contributed by atoms with Gasteiger partial charge in [0.1, 0.15) is 0 Å². The number of anilines is 2. The van der Waals surface area contributed by atoms with Crippen molar-refractivity contribution in [2.75, 3.05) is 30.8 Å². The standard InChI is InChI=1S/C18H16N2O.C12H15NO.C2H6/c1-19-18-9-6-15-10-14(2-3-16(15)11-18)13-4-7-17(8-5-13)20-12-21;14-12(13-8-4-5-9-13)10-11-6-2-1-3-7-11;1-2/h2-12,19H,1H3,(H,20,21);1-3,6-7H,4-5,8-10H2;1-2H3. The molecule has 5 rings (SSSR count). The summed E-state index contributed by atoms with van der Waals surface area (Å²) >= 11 is 0. The van der Waals surface area contributed by atoms with E-state index in [1.54, 1.807) is 0 Å². The van der Waals surface area contributed by atoms with Crippen LogP contribution in [0.1, 0.15) is 32.3 Å². The van der Waals surface area contributed by atoms with Crippen molar-refractivity contribution in [3.8, 4) is 11.1 Å². The van der Waals surface area contributed by atoms with Gasteiger partial charge in [0.05, 0.1) is 6.42 Å². The van der Waals surface area contributed by atoms with Crippen LogP contribution in [0.5, 0.6) is 0 Å². The van der Waals surface area contributed by atoms with Crippen molar-refractivity contribution in [2.24, 2.45) is 0 Å². The quantitative estimate of drug-likeness (QED) is 0.283. The van der Waals surface area contributed by atoms with Crippen LogP contribution in [0, 0.1) is 0 Å². The minimum absolute atomic E-state index is 0.272. The number of hydrogen-bond acceptors (Lipinski definition) is 3. The largest absolute Gasteiger partial charge is 0.388 e. The molecule has 0 atom stereocenters. The number of nitrogens with one attached hydrogen (secondary N) is 2. The van der Waals surface area contributed by atoms with Crippen LogP contribution in [0.4, 0.5) is 11.4 Å². The zero-order valence-electron chi connectivity index (χ0n) is 22.0. The first kappa shape index (κ1) is 27.5. The molecule has 1 aliphatic rings. The topological polar surface area (TPSA) is 61.4 Å². The van der Waals surface area contributed by atoms with Crippen LogP contribution in [-0.4, -0.2) is 37.4 Å². The second-order valence-corrected chi connectivity index (χ2v) is 8.62. The van der Waals surface area contributed by atoms with E-state index >= 15 is 0 Å². The van der Waals surface area contributed by atoms with Crippen molar-refractivity contribution in [2.45, 2.75) is 33.1 Å². The van der Waals surface area contributed by atoms with Crippen molar-refractivity contribution in [1.82, 2.24) is 4.90 Å². The van der Waals surface area contributed by atoms with Crippen molar-refractivity contribution in [3.63, 3.8) is 0 Å². The van der Waals surface area contributed by atoms with Crippen LogP contribution < -0.4 is 10.6 Å². The molecule has 0 spiro atoms. The number of carbonyl (C=O) groups is 2. The van der Waals surface area contributed by atoms with E-state index in [1.807, 2.05) is 80.4 Å². The normalized spacial score (nSPS) is 12.0. The van der Waals surface area contributed by atoms with Crippen LogP contribution in [0.15, 0.2) is 91.0 Å². The van der Waals surface area contributed by atoms with E-state index in [0.717, 1.165) is 41.2 Å². The smallest absolute Gasteiger partial charge is 0.226 e. The Morgan fingerprint density at radius 2 is 1.38 bits per heavy atom. The first-order valence-electron chi connectivity index (χ1n) is 13.0. The maximum Gasteiger partial charge on any atom is 0.226 e. The first-order valence-corrected chi connectivity index (χ1v) is 13.0. The second kappa shape index (κ2) is 14.4. The molecule has 4 aromatic rings. The van der Waals surface area contributed by atoms with Crippen molar-refractivity contribution in [1.29, 1.82) is 0 Å². The average molecular weight is 496 g/mol. The van der Waals surface area contributed by atoms with E-state index in [4.69, 9.17) is 0 Å². The van der Waals surface area contributed by atoms with E-state index in [9.17, 15) is 9.59 Å². The van der Waals surface area contributed by atoms with Crippen LogP contribution >= 0.6 is 0 Å². The van der Waals surface area contributed by atoms with Crippen LogP contribution in [0.3, 0.4) is 0 Å². The van der Waals surface area contributed by atoms with Gasteiger partial charge in [-0.3, -0.25) is 9.59 Å². The Balaban J connectivity index is 0.000000207. The summed E-state index contributed by atoms with van der Waals surface area (Å²) in [5.41, 5.74) is 5.32. The Hall–Kier alpha value is -4.12. The van der Waals surface area contributed by atoms with Gasteiger partial charge in [0, 0.05) is 31.5 Å². The number of likely N-dealkylation sites (tertiary alicyclic amines) is 1. The van der Waals surface area contributed by atoms with Crippen molar-refractivity contribution in [3.05, 3.63) is 96.6 Å². The van der Waals surface area contributed by atoms with Crippen LogP contribution in [-0.2, 0) is 16.0 Å². The van der Waals surface area contributed by atoms with Gasteiger partial charge < -0.3 is 15.5 Å². The Kier molecular flexibility index (Phi) is 10.7. The second-order valence-electron chi connectivity index (χ2n) is 8.62. The van der Waals surface area contributed by atoms with Crippen LogP contribution in [0.2, 0.25) is 0 Å². The first-order chi connectivity index (χ1) is 18.2. The fraction of sp³-hybridized carbons (Fsp3) is 0.250. The number of fused-ring (bicyclic) bond motifs is 1. The molecular formula is C32H37N3O2. The molecule has 5 heteroatoms. The molecule has 2 amide bonds. The zero-order valence-corrected chi connectivity index (χ0v) is 22.0. The molecule has 4 aromatic carbocycles. The lowest BCUT2D eigenvalue weighted by atomic mass is 10.0.